The lowest BCUT2D eigenvalue weighted by Crippen LogP contribution is -2.38. The van der Waals surface area contributed by atoms with Crippen molar-refractivity contribution in [3.05, 3.63) is 37.5 Å². The molecule has 0 aliphatic carbocycles. The van der Waals surface area contributed by atoms with Gasteiger partial charge in [-0.3, -0.25) is 14.3 Å². The molecule has 1 fully saturated rings. The summed E-state index contributed by atoms with van der Waals surface area (Å²) in [7, 11) is 0. The predicted octanol–water partition coefficient (Wildman–Crippen LogP) is -1.77. The molecule has 1 aliphatic heterocycles. The number of H-pyrrole nitrogens is 1. The Morgan fingerprint density at radius 3 is 2.74 bits per heavy atom. The highest BCUT2D eigenvalue weighted by Gasteiger charge is 2.44. The lowest BCUT2D eigenvalue weighted by molar-refractivity contribution is -0.0373. The van der Waals surface area contributed by atoms with E-state index in [0.717, 1.165) is 4.57 Å². The van der Waals surface area contributed by atoms with Crippen molar-refractivity contribution in [1.82, 2.24) is 9.55 Å². The Balaban J connectivity index is 2.38. The summed E-state index contributed by atoms with van der Waals surface area (Å²) in [5.74, 6) is 0. The lowest BCUT2D eigenvalue weighted by Gasteiger charge is -2.17. The first kappa shape index (κ1) is 13.6. The van der Waals surface area contributed by atoms with Gasteiger partial charge in [0.1, 0.15) is 24.9 Å². The van der Waals surface area contributed by atoms with Crippen molar-refractivity contribution in [2.45, 2.75) is 31.5 Å². The van der Waals surface area contributed by atoms with Gasteiger partial charge in [0, 0.05) is 11.8 Å². The van der Waals surface area contributed by atoms with Crippen molar-refractivity contribution in [2.24, 2.45) is 5.18 Å². The number of nitrogens with zero attached hydrogens (tertiary/aromatic N) is 2. The van der Waals surface area contributed by atoms with E-state index in [-0.39, 0.29) is 12.1 Å². The molecule has 1 aliphatic rings. The number of aliphatic hydroxyl groups is 2. The summed E-state index contributed by atoms with van der Waals surface area (Å²) in [5.41, 5.74) is -1.06. The number of aliphatic hydroxyl groups excluding tert-OH is 2. The second kappa shape index (κ2) is 5.03. The first-order valence-electron chi connectivity index (χ1n) is 5.58. The number of nitroso groups, excluding NO2 is 1. The van der Waals surface area contributed by atoms with E-state index in [1.54, 1.807) is 0 Å². The van der Waals surface area contributed by atoms with E-state index < -0.39 is 35.8 Å². The maximum atomic E-state index is 11.6. The van der Waals surface area contributed by atoms with Crippen LogP contribution in [-0.4, -0.2) is 44.6 Å². The lowest BCUT2D eigenvalue weighted by atomic mass is 10.1. The summed E-state index contributed by atoms with van der Waals surface area (Å²) in [4.78, 5) is 35.1. The molecule has 1 aromatic rings. The average Bonchev–Trinajstić information content (AvgIpc) is 2.63. The summed E-state index contributed by atoms with van der Waals surface area (Å²) in [6.45, 7) is 1.14. The summed E-state index contributed by atoms with van der Waals surface area (Å²) < 4.78 is 6.20. The Hall–Kier alpha value is -1.84. The highest BCUT2D eigenvalue weighted by Crippen LogP contribution is 2.28. The van der Waals surface area contributed by atoms with Crippen molar-refractivity contribution >= 4 is 0 Å². The van der Waals surface area contributed by atoms with Crippen molar-refractivity contribution in [3.63, 3.8) is 0 Å². The molecule has 104 valence electrons. The van der Waals surface area contributed by atoms with Crippen LogP contribution in [0.3, 0.4) is 0 Å². The van der Waals surface area contributed by atoms with Gasteiger partial charge in [0.15, 0.2) is 6.23 Å². The Bertz CT molecular complexity index is 594. The zero-order chi connectivity index (χ0) is 14.2. The second-order valence-corrected chi connectivity index (χ2v) is 4.34. The quantitative estimate of drug-likeness (QED) is 0.557. The monoisotopic (exact) mass is 271 g/mol. The van der Waals surface area contributed by atoms with Crippen molar-refractivity contribution in [3.8, 4) is 0 Å². The molecular formula is C10H13N3O6. The van der Waals surface area contributed by atoms with Gasteiger partial charge >= 0.3 is 5.69 Å². The van der Waals surface area contributed by atoms with E-state index in [4.69, 9.17) is 4.74 Å². The van der Waals surface area contributed by atoms with Gasteiger partial charge in [0.05, 0.1) is 0 Å². The number of aromatic amines is 1. The third-order valence-corrected chi connectivity index (χ3v) is 3.01. The molecule has 2 heterocycles. The van der Waals surface area contributed by atoms with E-state index in [0.29, 0.717) is 0 Å². The second-order valence-electron chi connectivity index (χ2n) is 4.34. The number of ether oxygens (including phenoxy) is 1. The van der Waals surface area contributed by atoms with Crippen LogP contribution in [0.4, 0.5) is 0 Å². The molecule has 0 bridgehead atoms. The van der Waals surface area contributed by atoms with E-state index in [1.807, 2.05) is 0 Å². The van der Waals surface area contributed by atoms with Crippen molar-refractivity contribution < 1.29 is 14.9 Å². The maximum absolute atomic E-state index is 11.6. The molecule has 4 unspecified atom stereocenters. The number of hydrogen-bond donors (Lipinski definition) is 3. The maximum Gasteiger partial charge on any atom is 0.330 e. The van der Waals surface area contributed by atoms with Crippen LogP contribution < -0.4 is 11.2 Å². The Labute approximate surface area is 106 Å². The molecule has 0 saturated carbocycles. The van der Waals surface area contributed by atoms with Gasteiger partial charge in [0.2, 0.25) is 0 Å². The fourth-order valence-electron chi connectivity index (χ4n) is 1.96. The minimum absolute atomic E-state index is 0.252. The SMILES string of the molecule is Cc1cn(C2OC(CN=O)C(O)C2O)c(=O)[nH]c1=O. The molecular weight excluding hydrogens is 258 g/mol. The van der Waals surface area contributed by atoms with Crippen LogP contribution in [0.2, 0.25) is 0 Å². The third-order valence-electron chi connectivity index (χ3n) is 3.01. The molecule has 0 aromatic carbocycles. The van der Waals surface area contributed by atoms with E-state index in [9.17, 15) is 24.7 Å². The van der Waals surface area contributed by atoms with Gasteiger partial charge in [0.25, 0.3) is 5.56 Å². The molecule has 0 radical (unpaired) electrons. The molecule has 0 spiro atoms. The number of rotatable bonds is 3. The molecule has 4 atom stereocenters. The number of aromatic nitrogens is 2. The van der Waals surface area contributed by atoms with Crippen LogP contribution >= 0.6 is 0 Å². The van der Waals surface area contributed by atoms with Gasteiger partial charge < -0.3 is 14.9 Å². The predicted molar refractivity (Wildman–Crippen MR) is 62.6 cm³/mol. The Morgan fingerprint density at radius 1 is 1.42 bits per heavy atom. The Kier molecular flexibility index (Phi) is 3.60. The standard InChI is InChI=1S/C10H13N3O6/c1-4-3-13(10(17)12-8(4)16)9-7(15)6(14)5(19-9)2-11-18/h3,5-7,9,14-15H,2H2,1H3,(H,12,16,17). The van der Waals surface area contributed by atoms with Crippen LogP contribution in [0.1, 0.15) is 11.8 Å². The van der Waals surface area contributed by atoms with E-state index in [1.165, 1.54) is 13.1 Å². The molecule has 2 rings (SSSR count). The van der Waals surface area contributed by atoms with Crippen LogP contribution in [0.15, 0.2) is 21.0 Å². The highest BCUT2D eigenvalue weighted by molar-refractivity contribution is 5.03. The fraction of sp³-hybridized carbons (Fsp3) is 0.600. The van der Waals surface area contributed by atoms with E-state index in [2.05, 4.69) is 10.2 Å². The van der Waals surface area contributed by atoms with Crippen LogP contribution in [-0.2, 0) is 4.74 Å². The third kappa shape index (κ3) is 2.35. The zero-order valence-electron chi connectivity index (χ0n) is 10.0. The normalized spacial score (nSPS) is 30.5. The smallest absolute Gasteiger partial charge is 0.330 e. The molecule has 1 aromatic heterocycles. The fourth-order valence-corrected chi connectivity index (χ4v) is 1.96. The number of aryl methyl sites for hydroxylation is 1. The molecule has 0 amide bonds. The van der Waals surface area contributed by atoms with Gasteiger partial charge in [-0.1, -0.05) is 5.18 Å². The van der Waals surface area contributed by atoms with E-state index >= 15 is 0 Å². The first-order chi connectivity index (χ1) is 8.95. The zero-order valence-corrected chi connectivity index (χ0v) is 10.0. The summed E-state index contributed by atoms with van der Waals surface area (Å²) in [6, 6.07) is 0. The summed E-state index contributed by atoms with van der Waals surface area (Å²) in [6.07, 6.45) is -3.67. The molecule has 9 nitrogen and oxygen atoms in total. The van der Waals surface area contributed by atoms with Gasteiger partial charge in [-0.15, -0.1) is 0 Å². The minimum atomic E-state index is -1.39. The topological polar surface area (TPSA) is 134 Å². The minimum Gasteiger partial charge on any atom is -0.387 e. The Morgan fingerprint density at radius 2 is 2.11 bits per heavy atom. The summed E-state index contributed by atoms with van der Waals surface area (Å²) in [5, 5.41) is 22.1. The molecule has 1 saturated heterocycles. The van der Waals surface area contributed by atoms with Crippen molar-refractivity contribution in [1.29, 1.82) is 0 Å². The van der Waals surface area contributed by atoms with Crippen LogP contribution in [0.5, 0.6) is 0 Å². The highest BCUT2D eigenvalue weighted by atomic mass is 16.6. The first-order valence-corrected chi connectivity index (χ1v) is 5.58. The molecule has 19 heavy (non-hydrogen) atoms. The van der Waals surface area contributed by atoms with Crippen LogP contribution in [0, 0.1) is 11.8 Å². The number of nitrogens with one attached hydrogen (secondary N) is 1. The van der Waals surface area contributed by atoms with Gasteiger partial charge in [-0.2, -0.15) is 4.91 Å². The van der Waals surface area contributed by atoms with Gasteiger partial charge in [-0.05, 0) is 6.92 Å². The number of hydrogen-bond acceptors (Lipinski definition) is 7. The largest absolute Gasteiger partial charge is 0.387 e. The van der Waals surface area contributed by atoms with Gasteiger partial charge in [-0.25, -0.2) is 4.79 Å². The summed E-state index contributed by atoms with van der Waals surface area (Å²) >= 11 is 0. The van der Waals surface area contributed by atoms with Crippen molar-refractivity contribution in [2.75, 3.05) is 6.54 Å². The average molecular weight is 271 g/mol. The molecule has 3 N–H and O–H groups in total. The molecule has 9 heteroatoms. The van der Waals surface area contributed by atoms with Crippen LogP contribution in [0.25, 0.3) is 0 Å².